The Kier molecular flexibility index (Phi) is 5.43. The highest BCUT2D eigenvalue weighted by Crippen LogP contribution is 2.26. The van der Waals surface area contributed by atoms with E-state index in [1.807, 2.05) is 0 Å². The molecule has 0 radical (unpaired) electrons. The van der Waals surface area contributed by atoms with E-state index in [0.717, 1.165) is 18.2 Å². The van der Waals surface area contributed by atoms with Crippen molar-refractivity contribution in [1.29, 1.82) is 0 Å². The van der Waals surface area contributed by atoms with Crippen LogP contribution in [0.1, 0.15) is 13.3 Å². The predicted molar refractivity (Wildman–Crippen MR) is 73.6 cm³/mol. The molecule has 0 atom stereocenters. The maximum Gasteiger partial charge on any atom is 0.292 e. The Labute approximate surface area is 117 Å². The first-order valence-electron chi connectivity index (χ1n) is 5.99. The van der Waals surface area contributed by atoms with E-state index in [9.17, 15) is 18.5 Å². The van der Waals surface area contributed by atoms with Gasteiger partial charge in [0.25, 0.3) is 5.69 Å². The predicted octanol–water partition coefficient (Wildman–Crippen LogP) is 0.570. The van der Waals surface area contributed by atoms with E-state index in [1.54, 1.807) is 6.92 Å². The first-order chi connectivity index (χ1) is 9.34. The Morgan fingerprint density at radius 3 is 2.55 bits per heavy atom. The number of nitro groups is 1. The Hall–Kier alpha value is -1.71. The van der Waals surface area contributed by atoms with Crippen molar-refractivity contribution >= 4 is 21.4 Å². The third-order valence-corrected chi connectivity index (χ3v) is 4.72. The summed E-state index contributed by atoms with van der Waals surface area (Å²) in [6.45, 7) is 1.96. The van der Waals surface area contributed by atoms with E-state index in [0.29, 0.717) is 6.42 Å². The van der Waals surface area contributed by atoms with Crippen LogP contribution in [0.25, 0.3) is 0 Å². The largest absolute Gasteiger partial charge is 0.396 e. The summed E-state index contributed by atoms with van der Waals surface area (Å²) in [4.78, 5) is 9.88. The second kappa shape index (κ2) is 6.64. The number of nitro benzene ring substituents is 1. The molecule has 0 fully saturated rings. The number of sulfonamides is 1. The van der Waals surface area contributed by atoms with E-state index < -0.39 is 14.9 Å². The summed E-state index contributed by atoms with van der Waals surface area (Å²) in [5, 5.41) is 19.4. The zero-order valence-corrected chi connectivity index (χ0v) is 11.8. The van der Waals surface area contributed by atoms with Crippen LogP contribution in [0.15, 0.2) is 23.1 Å². The summed E-state index contributed by atoms with van der Waals surface area (Å²) in [6, 6.07) is 3.31. The zero-order chi connectivity index (χ0) is 15.3. The summed E-state index contributed by atoms with van der Waals surface area (Å²) < 4.78 is 25.8. The molecular weight excluding hydrogens is 286 g/mol. The van der Waals surface area contributed by atoms with Crippen LogP contribution in [0, 0.1) is 10.1 Å². The fourth-order valence-corrected chi connectivity index (χ4v) is 3.23. The van der Waals surface area contributed by atoms with Gasteiger partial charge < -0.3 is 10.8 Å². The first-order valence-corrected chi connectivity index (χ1v) is 7.43. The number of rotatable bonds is 7. The van der Waals surface area contributed by atoms with Gasteiger partial charge >= 0.3 is 0 Å². The second-order valence-corrected chi connectivity index (χ2v) is 5.99. The molecule has 0 saturated heterocycles. The van der Waals surface area contributed by atoms with Crippen molar-refractivity contribution < 1.29 is 18.4 Å². The van der Waals surface area contributed by atoms with Gasteiger partial charge in [-0.05, 0) is 18.6 Å². The lowest BCUT2D eigenvalue weighted by molar-refractivity contribution is -0.383. The number of anilines is 1. The van der Waals surface area contributed by atoms with Gasteiger partial charge in [-0.1, -0.05) is 6.92 Å². The normalized spacial score (nSPS) is 11.8. The molecule has 0 saturated carbocycles. The fourth-order valence-electron chi connectivity index (χ4n) is 1.70. The molecule has 0 aromatic heterocycles. The molecule has 1 aromatic rings. The number of nitrogens with two attached hydrogens (primary N) is 1. The highest BCUT2D eigenvalue weighted by Gasteiger charge is 2.24. The molecule has 8 nitrogen and oxygen atoms in total. The third kappa shape index (κ3) is 3.44. The second-order valence-electron chi connectivity index (χ2n) is 4.05. The minimum absolute atomic E-state index is 0.0969. The monoisotopic (exact) mass is 303 g/mol. The molecule has 0 spiro atoms. The van der Waals surface area contributed by atoms with Crippen molar-refractivity contribution in [1.82, 2.24) is 4.31 Å². The van der Waals surface area contributed by atoms with Crippen LogP contribution in [0.5, 0.6) is 0 Å². The molecule has 0 aliphatic rings. The molecule has 1 rings (SSSR count). The van der Waals surface area contributed by atoms with Gasteiger partial charge in [-0.25, -0.2) is 8.42 Å². The van der Waals surface area contributed by atoms with Crippen molar-refractivity contribution in [2.24, 2.45) is 0 Å². The Morgan fingerprint density at radius 1 is 1.45 bits per heavy atom. The first kappa shape index (κ1) is 16.3. The molecule has 20 heavy (non-hydrogen) atoms. The van der Waals surface area contributed by atoms with Gasteiger partial charge in [0.2, 0.25) is 10.0 Å². The lowest BCUT2D eigenvalue weighted by Gasteiger charge is -2.20. The molecule has 112 valence electrons. The minimum atomic E-state index is -3.77. The van der Waals surface area contributed by atoms with Crippen LogP contribution >= 0.6 is 0 Å². The molecule has 0 aliphatic carbocycles. The van der Waals surface area contributed by atoms with E-state index in [2.05, 4.69) is 0 Å². The number of hydrogen-bond donors (Lipinski definition) is 2. The van der Waals surface area contributed by atoms with Crippen molar-refractivity contribution in [3.63, 3.8) is 0 Å². The van der Waals surface area contributed by atoms with Gasteiger partial charge in [0.1, 0.15) is 5.69 Å². The lowest BCUT2D eigenvalue weighted by Crippen LogP contribution is -2.32. The number of nitrogen functional groups attached to an aromatic ring is 1. The summed E-state index contributed by atoms with van der Waals surface area (Å²) in [6.07, 6.45) is 0.315. The topological polar surface area (TPSA) is 127 Å². The summed E-state index contributed by atoms with van der Waals surface area (Å²) >= 11 is 0. The number of nitrogens with zero attached hydrogens (tertiary/aromatic N) is 2. The van der Waals surface area contributed by atoms with Gasteiger partial charge in [0.05, 0.1) is 9.82 Å². The number of hydrogen-bond acceptors (Lipinski definition) is 6. The number of aliphatic hydroxyl groups excluding tert-OH is 1. The van der Waals surface area contributed by atoms with E-state index in [1.165, 1.54) is 4.31 Å². The Bertz CT molecular complexity index is 588. The van der Waals surface area contributed by atoms with Gasteiger partial charge in [-0.15, -0.1) is 0 Å². The maximum absolute atomic E-state index is 12.3. The van der Waals surface area contributed by atoms with Gasteiger partial charge in [0.15, 0.2) is 0 Å². The van der Waals surface area contributed by atoms with E-state index in [4.69, 9.17) is 10.8 Å². The zero-order valence-electron chi connectivity index (χ0n) is 11.0. The van der Waals surface area contributed by atoms with E-state index in [-0.39, 0.29) is 36.0 Å². The van der Waals surface area contributed by atoms with Crippen molar-refractivity contribution in [2.75, 3.05) is 25.4 Å². The molecular formula is C11H17N3O5S. The van der Waals surface area contributed by atoms with Crippen molar-refractivity contribution in [3.05, 3.63) is 28.3 Å². The average molecular weight is 303 g/mol. The quantitative estimate of drug-likeness (QED) is 0.430. The van der Waals surface area contributed by atoms with Crippen LogP contribution in [-0.2, 0) is 10.0 Å². The summed E-state index contributed by atoms with van der Waals surface area (Å²) in [5.41, 5.74) is 4.97. The van der Waals surface area contributed by atoms with Crippen LogP contribution in [0.3, 0.4) is 0 Å². The SMILES string of the molecule is CCN(CCCO)S(=O)(=O)c1ccc([N+](=O)[O-])c(N)c1. The average Bonchev–Trinajstić information content (AvgIpc) is 2.38. The summed E-state index contributed by atoms with van der Waals surface area (Å²) in [5.74, 6) is 0. The Morgan fingerprint density at radius 2 is 2.10 bits per heavy atom. The van der Waals surface area contributed by atoms with Crippen molar-refractivity contribution in [2.45, 2.75) is 18.2 Å². The summed E-state index contributed by atoms with van der Waals surface area (Å²) in [7, 11) is -3.77. The maximum atomic E-state index is 12.3. The van der Waals surface area contributed by atoms with Crippen LogP contribution in [0.4, 0.5) is 11.4 Å². The highest BCUT2D eigenvalue weighted by molar-refractivity contribution is 7.89. The molecule has 0 bridgehead atoms. The minimum Gasteiger partial charge on any atom is -0.396 e. The van der Waals surface area contributed by atoms with Crippen molar-refractivity contribution in [3.8, 4) is 0 Å². The standard InChI is InChI=1S/C11H17N3O5S/c1-2-13(6-3-7-15)20(18,19)9-4-5-11(14(16)17)10(12)8-9/h4-5,8,15H,2-3,6-7,12H2,1H3. The Balaban J connectivity index is 3.15. The number of benzene rings is 1. The van der Waals surface area contributed by atoms with Gasteiger partial charge in [-0.3, -0.25) is 10.1 Å². The fraction of sp³-hybridized carbons (Fsp3) is 0.455. The molecule has 3 N–H and O–H groups in total. The highest BCUT2D eigenvalue weighted by atomic mass is 32.2. The van der Waals surface area contributed by atoms with E-state index >= 15 is 0 Å². The molecule has 0 amide bonds. The molecule has 9 heteroatoms. The van der Waals surface area contributed by atoms with Gasteiger partial charge in [0, 0.05) is 25.8 Å². The third-order valence-electron chi connectivity index (χ3n) is 2.75. The lowest BCUT2D eigenvalue weighted by atomic mass is 10.3. The molecule has 1 aromatic carbocycles. The van der Waals surface area contributed by atoms with Crippen LogP contribution in [0.2, 0.25) is 0 Å². The molecule has 0 aliphatic heterocycles. The van der Waals surface area contributed by atoms with Crippen LogP contribution in [-0.4, -0.2) is 42.4 Å². The number of aliphatic hydroxyl groups is 1. The van der Waals surface area contributed by atoms with Gasteiger partial charge in [-0.2, -0.15) is 4.31 Å². The smallest absolute Gasteiger partial charge is 0.292 e. The van der Waals surface area contributed by atoms with Crippen LogP contribution < -0.4 is 5.73 Å². The molecule has 0 unspecified atom stereocenters. The molecule has 0 heterocycles.